The molecule has 342 valence electrons. The Morgan fingerprint density at radius 3 is 1.48 bits per heavy atom. The summed E-state index contributed by atoms with van der Waals surface area (Å²) < 4.78 is 5.76. The fourth-order valence-electron chi connectivity index (χ4n) is 8.48. The number of nitrogens with zero attached hydrogens (tertiary/aromatic N) is 1. The molecule has 2 heterocycles. The maximum atomic E-state index is 5.76. The van der Waals surface area contributed by atoms with Crippen LogP contribution in [0.2, 0.25) is 0 Å². The Bertz CT molecular complexity index is 2280. The first-order valence-electron chi connectivity index (χ1n) is 24.8. The lowest BCUT2D eigenvalue weighted by molar-refractivity contribution is 0.334. The summed E-state index contributed by atoms with van der Waals surface area (Å²) >= 11 is 0. The van der Waals surface area contributed by atoms with Gasteiger partial charge in [-0.15, -0.1) is 0 Å². The molecule has 2 heteroatoms. The molecule has 64 heavy (non-hydrogen) atoms. The van der Waals surface area contributed by atoms with Crippen molar-refractivity contribution in [3.8, 4) is 5.75 Å². The van der Waals surface area contributed by atoms with Gasteiger partial charge < -0.3 is 4.74 Å². The largest absolute Gasteiger partial charge is 0.489 e. The van der Waals surface area contributed by atoms with Gasteiger partial charge in [-0.05, 0) is 170 Å². The third-order valence-corrected chi connectivity index (χ3v) is 13.6. The number of rotatable bonds is 8. The van der Waals surface area contributed by atoms with Crippen molar-refractivity contribution in [3.05, 3.63) is 159 Å². The van der Waals surface area contributed by atoms with E-state index < -0.39 is 0 Å². The third-order valence-electron chi connectivity index (χ3n) is 13.6. The summed E-state index contributed by atoms with van der Waals surface area (Å²) in [7, 11) is 0. The molecule has 8 rings (SSSR count). The lowest BCUT2D eigenvalue weighted by Crippen LogP contribution is -2.19. The van der Waals surface area contributed by atoms with Crippen LogP contribution in [0.15, 0.2) is 109 Å². The van der Waals surface area contributed by atoms with E-state index in [9.17, 15) is 0 Å². The number of pyridine rings is 1. The van der Waals surface area contributed by atoms with Crippen LogP contribution in [0, 0.1) is 17.8 Å². The molecule has 1 atom stereocenters. The maximum absolute atomic E-state index is 5.76. The van der Waals surface area contributed by atoms with Crippen molar-refractivity contribution in [2.45, 2.75) is 166 Å². The van der Waals surface area contributed by atoms with Gasteiger partial charge in [0.15, 0.2) is 0 Å². The van der Waals surface area contributed by atoms with Gasteiger partial charge in [-0.25, -0.2) is 0 Å². The number of aromatic nitrogens is 1. The molecule has 1 aromatic heterocycles. The number of ether oxygens (including phenoxy) is 1. The fraction of sp³-hybridized carbons (Fsp3) is 0.468. The zero-order chi connectivity index (χ0) is 46.8. The molecule has 0 N–H and O–H groups in total. The van der Waals surface area contributed by atoms with E-state index in [-0.39, 0.29) is 0 Å². The van der Waals surface area contributed by atoms with Gasteiger partial charge in [0.05, 0.1) is 5.52 Å². The molecule has 2 nitrogen and oxygen atoms in total. The van der Waals surface area contributed by atoms with E-state index in [1.54, 1.807) is 11.1 Å². The first kappa shape index (κ1) is 50.3. The van der Waals surface area contributed by atoms with Crippen LogP contribution >= 0.6 is 0 Å². The first-order valence-corrected chi connectivity index (χ1v) is 24.8. The van der Waals surface area contributed by atoms with E-state index in [0.29, 0.717) is 41.4 Å². The van der Waals surface area contributed by atoms with E-state index in [1.165, 1.54) is 79.9 Å². The lowest BCUT2D eigenvalue weighted by Gasteiger charge is -2.28. The van der Waals surface area contributed by atoms with Crippen molar-refractivity contribution in [1.29, 1.82) is 0 Å². The Kier molecular flexibility index (Phi) is 18.1. The highest BCUT2D eigenvalue weighted by Gasteiger charge is 2.21. The van der Waals surface area contributed by atoms with Crippen molar-refractivity contribution >= 4 is 27.8 Å². The summed E-state index contributed by atoms with van der Waals surface area (Å²) in [5, 5.41) is 3.98. The minimum atomic E-state index is 0.541. The van der Waals surface area contributed by atoms with Crippen LogP contribution in [0.4, 0.5) is 0 Å². The van der Waals surface area contributed by atoms with Crippen molar-refractivity contribution in [2.75, 3.05) is 6.61 Å². The molecule has 0 amide bonds. The summed E-state index contributed by atoms with van der Waals surface area (Å²) in [6.45, 7) is 36.7. The van der Waals surface area contributed by atoms with Crippen LogP contribution in [0.1, 0.15) is 203 Å². The van der Waals surface area contributed by atoms with Crippen LogP contribution < -0.4 is 4.74 Å². The molecule has 1 aliphatic heterocycles. The molecule has 0 spiro atoms. The summed E-state index contributed by atoms with van der Waals surface area (Å²) in [5.41, 5.74) is 15.4. The molecule has 2 aliphatic rings. The van der Waals surface area contributed by atoms with E-state index >= 15 is 0 Å². The van der Waals surface area contributed by atoms with Gasteiger partial charge in [-0.2, -0.15) is 0 Å². The van der Waals surface area contributed by atoms with Gasteiger partial charge in [0.1, 0.15) is 12.4 Å². The molecular weight excluding hydrogens is 775 g/mol. The highest BCUT2D eigenvalue weighted by molar-refractivity contribution is 5.84. The monoisotopic (exact) mass is 858 g/mol. The van der Waals surface area contributed by atoms with Crippen molar-refractivity contribution < 1.29 is 4.74 Å². The quantitative estimate of drug-likeness (QED) is 0.152. The van der Waals surface area contributed by atoms with Crippen LogP contribution in [-0.4, -0.2) is 11.6 Å². The number of aryl methyl sites for hydroxylation is 1. The number of hydrogen-bond acceptors (Lipinski definition) is 2. The highest BCUT2D eigenvalue weighted by Crippen LogP contribution is 2.33. The fourth-order valence-corrected chi connectivity index (χ4v) is 8.48. The van der Waals surface area contributed by atoms with Crippen LogP contribution in [0.25, 0.3) is 27.8 Å². The van der Waals surface area contributed by atoms with Gasteiger partial charge in [0.2, 0.25) is 0 Å². The molecule has 0 saturated heterocycles. The molecule has 1 unspecified atom stereocenters. The summed E-state index contributed by atoms with van der Waals surface area (Å²) in [4.78, 5) is 4.50. The van der Waals surface area contributed by atoms with Crippen LogP contribution in [0.5, 0.6) is 5.75 Å². The van der Waals surface area contributed by atoms with E-state index in [2.05, 4.69) is 219 Å². The predicted molar refractivity (Wildman–Crippen MR) is 282 cm³/mol. The second-order valence-corrected chi connectivity index (χ2v) is 21.2. The summed E-state index contributed by atoms with van der Waals surface area (Å²) in [5.74, 6) is 6.87. The Morgan fingerprint density at radius 1 is 0.453 bits per heavy atom. The molecular formula is C62H83NO. The van der Waals surface area contributed by atoms with E-state index in [1.807, 2.05) is 6.20 Å². The normalized spacial score (nSPS) is 14.6. The van der Waals surface area contributed by atoms with Crippen molar-refractivity contribution in [2.24, 2.45) is 17.8 Å². The minimum Gasteiger partial charge on any atom is -0.489 e. The van der Waals surface area contributed by atoms with Gasteiger partial charge in [-0.3, -0.25) is 4.98 Å². The number of hydrogen-bond donors (Lipinski definition) is 0. The van der Waals surface area contributed by atoms with E-state index in [4.69, 9.17) is 4.74 Å². The average molecular weight is 858 g/mol. The van der Waals surface area contributed by atoms with Gasteiger partial charge in [-0.1, -0.05) is 178 Å². The second-order valence-electron chi connectivity index (χ2n) is 21.2. The Balaban J connectivity index is 0.000000161. The van der Waals surface area contributed by atoms with Gasteiger partial charge >= 0.3 is 0 Å². The zero-order valence-corrected chi connectivity index (χ0v) is 42.8. The highest BCUT2D eigenvalue weighted by atomic mass is 16.5. The van der Waals surface area contributed by atoms with E-state index in [0.717, 1.165) is 29.7 Å². The third kappa shape index (κ3) is 13.7. The minimum absolute atomic E-state index is 0.541. The second kappa shape index (κ2) is 23.0. The average Bonchev–Trinajstić information content (AvgIpc) is 3.27. The topological polar surface area (TPSA) is 22.1 Å². The van der Waals surface area contributed by atoms with Crippen molar-refractivity contribution in [1.82, 2.24) is 4.98 Å². The molecule has 1 aliphatic carbocycles. The molecule has 0 saturated carbocycles. The van der Waals surface area contributed by atoms with Crippen LogP contribution in [0.3, 0.4) is 0 Å². The number of benzene rings is 5. The molecule has 0 bridgehead atoms. The Hall–Kier alpha value is -4.69. The summed E-state index contributed by atoms with van der Waals surface area (Å²) in [6, 6.07) is 36.1. The standard InChI is InChI=1S/C16H24.C16H20.C15H19N.C15H20O/c2*1-11(2)14-7-5-13-6-8-15(12(3)4)10-16(13)9-14;2*1-10(2)12-5-6-15-13(7-12)8-14(9-16-15)11(3)4/h5,7,9,11-12,15H,6,8,10H2,1-4H3;5-12H,1-4H3;5-11H,1-4H3;5-8,10-11H,9H2,1-4H3. The molecule has 5 aromatic carbocycles. The van der Waals surface area contributed by atoms with Gasteiger partial charge in [0, 0.05) is 17.1 Å². The first-order chi connectivity index (χ1) is 30.3. The zero-order valence-electron chi connectivity index (χ0n) is 42.8. The molecule has 0 radical (unpaired) electrons. The maximum Gasteiger partial charge on any atom is 0.127 e. The number of fused-ring (bicyclic) bond motifs is 4. The SMILES string of the molecule is CC(C)C1=Cc2cc(C(C)C)ccc2OC1.CC(C)c1ccc2c(c1)CC(C(C)C)CC2.CC(C)c1ccc2ccc(C(C)C)cc2c1.CC(C)c1ccc2ncc(C(C)C)cc2c1. The molecule has 0 fully saturated rings. The predicted octanol–water partition coefficient (Wildman–Crippen LogP) is 18.4. The van der Waals surface area contributed by atoms with Gasteiger partial charge in [0.25, 0.3) is 0 Å². The molecule has 6 aromatic rings. The Labute approximate surface area is 390 Å². The lowest BCUT2D eigenvalue weighted by atomic mass is 9.77. The Morgan fingerprint density at radius 2 is 0.938 bits per heavy atom. The van der Waals surface area contributed by atoms with Crippen LogP contribution in [-0.2, 0) is 12.8 Å². The van der Waals surface area contributed by atoms with Crippen molar-refractivity contribution in [3.63, 3.8) is 0 Å². The summed E-state index contributed by atoms with van der Waals surface area (Å²) in [6.07, 6.45) is 8.24. The smallest absolute Gasteiger partial charge is 0.127 e.